The van der Waals surface area contributed by atoms with Gasteiger partial charge in [0.2, 0.25) is 0 Å². The van der Waals surface area contributed by atoms with Gasteiger partial charge in [-0.05, 0) is 44.7 Å². The topological polar surface area (TPSA) is 68.0 Å². The van der Waals surface area contributed by atoms with E-state index in [0.717, 1.165) is 36.1 Å². The first-order valence-electron chi connectivity index (χ1n) is 7.15. The number of nitrogens with two attached hydrogens (primary N) is 1. The molecule has 110 valence electrons. The summed E-state index contributed by atoms with van der Waals surface area (Å²) in [5, 5.41) is 3.61. The first kappa shape index (κ1) is 14.2. The summed E-state index contributed by atoms with van der Waals surface area (Å²) in [7, 11) is 0. The van der Waals surface area contributed by atoms with E-state index in [1.165, 1.54) is 4.88 Å². The van der Waals surface area contributed by atoms with Crippen LogP contribution in [0.4, 0.5) is 5.13 Å². The van der Waals surface area contributed by atoms with Crippen molar-refractivity contribution in [2.75, 3.05) is 5.32 Å². The van der Waals surface area contributed by atoms with Crippen molar-refractivity contribution in [3.63, 3.8) is 0 Å². The van der Waals surface area contributed by atoms with E-state index < -0.39 is 0 Å². The number of carbonyl (C=O) groups excluding carboxylic acids is 1. The predicted molar refractivity (Wildman–Crippen MR) is 86.0 cm³/mol. The van der Waals surface area contributed by atoms with Gasteiger partial charge in [-0.15, -0.1) is 11.3 Å². The van der Waals surface area contributed by atoms with Crippen molar-refractivity contribution in [1.29, 1.82) is 0 Å². The number of hydrogen-bond donors (Lipinski definition) is 2. The van der Waals surface area contributed by atoms with Gasteiger partial charge in [0.15, 0.2) is 5.13 Å². The summed E-state index contributed by atoms with van der Waals surface area (Å²) in [5.74, 6) is -0.0911. The van der Waals surface area contributed by atoms with Crippen molar-refractivity contribution in [3.8, 4) is 0 Å². The SMILES string of the molecule is Cc1ccc(C)c(C(=O)Nc2nc3c(s2)C[C@@H](N)CC3)c1. The van der Waals surface area contributed by atoms with Crippen LogP contribution in [0.2, 0.25) is 0 Å². The van der Waals surface area contributed by atoms with E-state index in [4.69, 9.17) is 5.73 Å². The second-order valence-electron chi connectivity index (χ2n) is 5.66. The fraction of sp³-hybridized carbons (Fsp3) is 0.375. The average Bonchev–Trinajstić information content (AvgIpc) is 2.82. The van der Waals surface area contributed by atoms with Gasteiger partial charge in [-0.1, -0.05) is 17.7 Å². The molecule has 4 nitrogen and oxygen atoms in total. The molecule has 3 N–H and O–H groups in total. The largest absolute Gasteiger partial charge is 0.327 e. The van der Waals surface area contributed by atoms with Crippen molar-refractivity contribution in [3.05, 3.63) is 45.5 Å². The van der Waals surface area contributed by atoms with E-state index in [1.54, 1.807) is 11.3 Å². The van der Waals surface area contributed by atoms with E-state index in [-0.39, 0.29) is 11.9 Å². The van der Waals surface area contributed by atoms with Crippen LogP contribution < -0.4 is 11.1 Å². The molecule has 21 heavy (non-hydrogen) atoms. The molecule has 1 amide bonds. The molecule has 0 saturated carbocycles. The Balaban J connectivity index is 1.80. The van der Waals surface area contributed by atoms with Gasteiger partial charge in [-0.3, -0.25) is 10.1 Å². The number of nitrogens with zero attached hydrogens (tertiary/aromatic N) is 1. The van der Waals surface area contributed by atoms with Gasteiger partial charge in [-0.25, -0.2) is 4.98 Å². The van der Waals surface area contributed by atoms with Gasteiger partial charge in [0.1, 0.15) is 0 Å². The lowest BCUT2D eigenvalue weighted by Gasteiger charge is -2.15. The fourth-order valence-electron chi connectivity index (χ4n) is 2.60. The molecule has 1 aromatic heterocycles. The molecule has 0 bridgehead atoms. The third kappa shape index (κ3) is 2.99. The molecule has 0 radical (unpaired) electrons. The Kier molecular flexibility index (Phi) is 3.78. The molecule has 3 rings (SSSR count). The van der Waals surface area contributed by atoms with Gasteiger partial charge in [0, 0.05) is 16.5 Å². The maximum absolute atomic E-state index is 12.4. The molecular weight excluding hydrogens is 282 g/mol. The number of rotatable bonds is 2. The van der Waals surface area contributed by atoms with Gasteiger partial charge < -0.3 is 5.73 Å². The van der Waals surface area contributed by atoms with E-state index in [9.17, 15) is 4.79 Å². The summed E-state index contributed by atoms with van der Waals surface area (Å²) in [4.78, 5) is 18.1. The van der Waals surface area contributed by atoms with Crippen LogP contribution in [0.25, 0.3) is 0 Å². The van der Waals surface area contributed by atoms with Crippen LogP contribution in [0, 0.1) is 13.8 Å². The quantitative estimate of drug-likeness (QED) is 0.896. The number of nitrogens with one attached hydrogen (secondary N) is 1. The second-order valence-corrected chi connectivity index (χ2v) is 6.75. The average molecular weight is 301 g/mol. The van der Waals surface area contributed by atoms with Gasteiger partial charge in [0.25, 0.3) is 5.91 Å². The van der Waals surface area contributed by atoms with Crippen LogP contribution in [-0.4, -0.2) is 16.9 Å². The van der Waals surface area contributed by atoms with Crippen molar-refractivity contribution in [2.24, 2.45) is 5.73 Å². The third-order valence-electron chi connectivity index (χ3n) is 3.84. The number of fused-ring (bicyclic) bond motifs is 1. The highest BCUT2D eigenvalue weighted by molar-refractivity contribution is 7.15. The molecule has 1 aliphatic carbocycles. The molecule has 0 saturated heterocycles. The molecule has 5 heteroatoms. The Morgan fingerprint density at radius 3 is 3.05 bits per heavy atom. The van der Waals surface area contributed by atoms with Crippen molar-refractivity contribution < 1.29 is 4.79 Å². The van der Waals surface area contributed by atoms with Gasteiger partial charge >= 0.3 is 0 Å². The highest BCUT2D eigenvalue weighted by Gasteiger charge is 2.21. The Labute approximate surface area is 128 Å². The van der Waals surface area contributed by atoms with Crippen LogP contribution in [-0.2, 0) is 12.8 Å². The van der Waals surface area contributed by atoms with Gasteiger partial charge in [-0.2, -0.15) is 0 Å². The molecule has 0 fully saturated rings. The third-order valence-corrected chi connectivity index (χ3v) is 4.87. The number of hydrogen-bond acceptors (Lipinski definition) is 4. The standard InChI is InChI=1S/C16H19N3OS/c1-9-3-4-10(2)12(7-9)15(20)19-16-18-13-6-5-11(17)8-14(13)21-16/h3-4,7,11H,5-6,8,17H2,1-2H3,(H,18,19,20)/t11-/m0/s1. The number of amides is 1. The smallest absolute Gasteiger partial charge is 0.257 e. The number of anilines is 1. The minimum atomic E-state index is -0.0911. The summed E-state index contributed by atoms with van der Waals surface area (Å²) < 4.78 is 0. The maximum Gasteiger partial charge on any atom is 0.257 e. The van der Waals surface area contributed by atoms with Crippen LogP contribution in [0.15, 0.2) is 18.2 Å². The van der Waals surface area contributed by atoms with Crippen LogP contribution in [0.1, 0.15) is 38.5 Å². The molecule has 1 aromatic carbocycles. The van der Waals surface area contributed by atoms with Crippen LogP contribution >= 0.6 is 11.3 Å². The van der Waals surface area contributed by atoms with E-state index in [1.807, 2.05) is 32.0 Å². The molecule has 1 heterocycles. The van der Waals surface area contributed by atoms with Crippen molar-refractivity contribution >= 4 is 22.4 Å². The first-order chi connectivity index (χ1) is 10.0. The summed E-state index contributed by atoms with van der Waals surface area (Å²) in [5.41, 5.74) is 9.84. The van der Waals surface area contributed by atoms with Crippen molar-refractivity contribution in [1.82, 2.24) is 4.98 Å². The summed E-state index contributed by atoms with van der Waals surface area (Å²) >= 11 is 1.55. The predicted octanol–water partition coefficient (Wildman–Crippen LogP) is 2.83. The Bertz CT molecular complexity index is 693. The summed E-state index contributed by atoms with van der Waals surface area (Å²) in [6.45, 7) is 3.93. The highest BCUT2D eigenvalue weighted by atomic mass is 32.1. The lowest BCUT2D eigenvalue weighted by atomic mass is 9.99. The molecule has 2 aromatic rings. The minimum absolute atomic E-state index is 0.0911. The Morgan fingerprint density at radius 1 is 1.43 bits per heavy atom. The molecule has 0 aliphatic heterocycles. The number of carbonyl (C=O) groups is 1. The zero-order chi connectivity index (χ0) is 15.0. The molecule has 0 spiro atoms. The van der Waals surface area contributed by atoms with E-state index in [0.29, 0.717) is 10.7 Å². The molecule has 0 unspecified atom stereocenters. The van der Waals surface area contributed by atoms with Crippen LogP contribution in [0.5, 0.6) is 0 Å². The number of benzene rings is 1. The lowest BCUT2D eigenvalue weighted by molar-refractivity contribution is 0.102. The number of thiazole rings is 1. The molecule has 1 aliphatic rings. The van der Waals surface area contributed by atoms with E-state index >= 15 is 0 Å². The second kappa shape index (κ2) is 5.58. The summed E-state index contributed by atoms with van der Waals surface area (Å²) in [6.07, 6.45) is 2.75. The highest BCUT2D eigenvalue weighted by Crippen LogP contribution is 2.29. The number of aryl methyl sites for hydroxylation is 3. The number of aromatic nitrogens is 1. The van der Waals surface area contributed by atoms with Gasteiger partial charge in [0.05, 0.1) is 5.69 Å². The zero-order valence-electron chi connectivity index (χ0n) is 12.3. The maximum atomic E-state index is 12.4. The Morgan fingerprint density at radius 2 is 2.24 bits per heavy atom. The van der Waals surface area contributed by atoms with Crippen LogP contribution in [0.3, 0.4) is 0 Å². The zero-order valence-corrected chi connectivity index (χ0v) is 13.1. The van der Waals surface area contributed by atoms with E-state index in [2.05, 4.69) is 10.3 Å². The monoisotopic (exact) mass is 301 g/mol. The molecular formula is C16H19N3OS. The lowest BCUT2D eigenvalue weighted by Crippen LogP contribution is -2.27. The summed E-state index contributed by atoms with van der Waals surface area (Å²) in [6, 6.07) is 6.11. The Hall–Kier alpha value is -1.72. The first-order valence-corrected chi connectivity index (χ1v) is 7.97. The molecule has 1 atom stereocenters. The fourth-order valence-corrected chi connectivity index (χ4v) is 3.69. The normalized spacial score (nSPS) is 17.4. The van der Waals surface area contributed by atoms with Crippen molar-refractivity contribution in [2.45, 2.75) is 39.2 Å². The minimum Gasteiger partial charge on any atom is -0.327 e.